The summed E-state index contributed by atoms with van der Waals surface area (Å²) >= 11 is 0. The summed E-state index contributed by atoms with van der Waals surface area (Å²) in [7, 11) is 3.15. The van der Waals surface area contributed by atoms with Crippen LogP contribution in [0, 0.1) is 6.92 Å². The van der Waals surface area contributed by atoms with Crippen LogP contribution >= 0.6 is 0 Å². The van der Waals surface area contributed by atoms with Crippen LogP contribution in [0.5, 0.6) is 11.5 Å². The maximum atomic E-state index is 13.0. The van der Waals surface area contributed by atoms with Crippen molar-refractivity contribution in [3.05, 3.63) is 65.0 Å². The highest BCUT2D eigenvalue weighted by molar-refractivity contribution is 6.04. The van der Waals surface area contributed by atoms with Gasteiger partial charge in [-0.15, -0.1) is 0 Å². The van der Waals surface area contributed by atoms with Crippen LogP contribution in [-0.2, 0) is 12.8 Å². The lowest BCUT2D eigenvalue weighted by Gasteiger charge is -2.10. The minimum Gasteiger partial charge on any atom is -0.493 e. The summed E-state index contributed by atoms with van der Waals surface area (Å²) in [5.41, 5.74) is 5.45. The first-order chi connectivity index (χ1) is 13.6. The predicted octanol–water partition coefficient (Wildman–Crippen LogP) is 3.94. The van der Waals surface area contributed by atoms with Crippen molar-refractivity contribution in [2.45, 2.75) is 26.2 Å². The number of aromatic nitrogens is 2. The van der Waals surface area contributed by atoms with Gasteiger partial charge in [-0.3, -0.25) is 4.79 Å². The van der Waals surface area contributed by atoms with Crippen LogP contribution in [0.2, 0.25) is 0 Å². The van der Waals surface area contributed by atoms with E-state index in [0.29, 0.717) is 22.9 Å². The van der Waals surface area contributed by atoms with Crippen molar-refractivity contribution in [1.29, 1.82) is 0 Å². The molecule has 144 valence electrons. The summed E-state index contributed by atoms with van der Waals surface area (Å²) in [4.78, 5) is 13.0. The van der Waals surface area contributed by atoms with Crippen molar-refractivity contribution < 1.29 is 14.3 Å². The Morgan fingerprint density at radius 1 is 1.07 bits per heavy atom. The Bertz CT molecular complexity index is 1040. The number of carbonyl (C=O) groups is 1. The molecule has 0 spiro atoms. The van der Waals surface area contributed by atoms with Crippen LogP contribution < -0.4 is 14.8 Å². The zero-order valence-electron chi connectivity index (χ0n) is 16.3. The van der Waals surface area contributed by atoms with Gasteiger partial charge in [0.25, 0.3) is 5.91 Å². The van der Waals surface area contributed by atoms with Crippen molar-refractivity contribution >= 4 is 11.6 Å². The summed E-state index contributed by atoms with van der Waals surface area (Å²) in [5, 5.41) is 7.63. The van der Waals surface area contributed by atoms with Crippen LogP contribution in [0.25, 0.3) is 5.69 Å². The third kappa shape index (κ3) is 3.11. The molecule has 0 bridgehead atoms. The molecule has 28 heavy (non-hydrogen) atoms. The second-order valence-corrected chi connectivity index (χ2v) is 6.85. The Hall–Kier alpha value is -3.28. The number of amides is 1. The van der Waals surface area contributed by atoms with Crippen LogP contribution in [-0.4, -0.2) is 29.9 Å². The number of carbonyl (C=O) groups excluding carboxylic acids is 1. The highest BCUT2D eigenvalue weighted by Crippen LogP contribution is 2.32. The van der Waals surface area contributed by atoms with Gasteiger partial charge in [-0.1, -0.05) is 18.2 Å². The van der Waals surface area contributed by atoms with E-state index >= 15 is 0 Å². The number of hydrogen-bond donors (Lipinski definition) is 1. The minimum absolute atomic E-state index is 0.210. The molecule has 1 aliphatic rings. The van der Waals surface area contributed by atoms with E-state index < -0.39 is 0 Å². The number of nitrogens with zero attached hydrogens (tertiary/aromatic N) is 2. The SMILES string of the molecule is COc1ccc(NC(=O)c2nn(-c3ccccc3C)c3c2CCC3)cc1OC. The highest BCUT2D eigenvalue weighted by Gasteiger charge is 2.27. The summed E-state index contributed by atoms with van der Waals surface area (Å²) in [6, 6.07) is 13.4. The molecule has 0 radical (unpaired) electrons. The number of ether oxygens (including phenoxy) is 2. The molecule has 2 aromatic carbocycles. The van der Waals surface area contributed by atoms with Gasteiger partial charge in [-0.2, -0.15) is 5.10 Å². The van der Waals surface area contributed by atoms with Gasteiger partial charge in [0.2, 0.25) is 0 Å². The number of nitrogens with one attached hydrogen (secondary N) is 1. The van der Waals surface area contributed by atoms with Crippen molar-refractivity contribution in [3.63, 3.8) is 0 Å². The highest BCUT2D eigenvalue weighted by atomic mass is 16.5. The van der Waals surface area contributed by atoms with Gasteiger partial charge in [-0.05, 0) is 49.9 Å². The number of anilines is 1. The molecule has 0 aliphatic heterocycles. The Morgan fingerprint density at radius 2 is 1.86 bits per heavy atom. The first-order valence-corrected chi connectivity index (χ1v) is 9.32. The van der Waals surface area contributed by atoms with E-state index in [1.165, 1.54) is 0 Å². The largest absolute Gasteiger partial charge is 0.493 e. The van der Waals surface area contributed by atoms with Crippen molar-refractivity contribution in [2.75, 3.05) is 19.5 Å². The molecule has 4 rings (SSSR count). The summed E-state index contributed by atoms with van der Waals surface area (Å²) in [6.45, 7) is 2.06. The molecular weight excluding hydrogens is 354 g/mol. The maximum absolute atomic E-state index is 13.0. The predicted molar refractivity (Wildman–Crippen MR) is 108 cm³/mol. The van der Waals surface area contributed by atoms with E-state index in [1.807, 2.05) is 22.9 Å². The van der Waals surface area contributed by atoms with Gasteiger partial charge in [0, 0.05) is 23.0 Å². The number of benzene rings is 2. The lowest BCUT2D eigenvalue weighted by Crippen LogP contribution is -2.15. The maximum Gasteiger partial charge on any atom is 0.276 e. The Labute approximate surface area is 164 Å². The molecule has 1 heterocycles. The molecule has 0 atom stereocenters. The molecule has 0 fully saturated rings. The van der Waals surface area contributed by atoms with Gasteiger partial charge in [0.05, 0.1) is 19.9 Å². The second-order valence-electron chi connectivity index (χ2n) is 6.85. The quantitative estimate of drug-likeness (QED) is 0.731. The fraction of sp³-hybridized carbons (Fsp3) is 0.273. The first kappa shape index (κ1) is 18.1. The van der Waals surface area contributed by atoms with Crippen LogP contribution in [0.3, 0.4) is 0 Å². The van der Waals surface area contributed by atoms with E-state index in [1.54, 1.807) is 32.4 Å². The number of aryl methyl sites for hydroxylation is 1. The average Bonchev–Trinajstić information content (AvgIpc) is 3.31. The van der Waals surface area contributed by atoms with E-state index in [-0.39, 0.29) is 5.91 Å². The van der Waals surface area contributed by atoms with Crippen LogP contribution in [0.1, 0.15) is 33.7 Å². The Morgan fingerprint density at radius 3 is 2.61 bits per heavy atom. The first-order valence-electron chi connectivity index (χ1n) is 9.32. The summed E-state index contributed by atoms with van der Waals surface area (Å²) in [5.74, 6) is 0.971. The molecule has 6 nitrogen and oxygen atoms in total. The average molecular weight is 377 g/mol. The van der Waals surface area contributed by atoms with Gasteiger partial charge in [0.15, 0.2) is 17.2 Å². The molecule has 6 heteroatoms. The minimum atomic E-state index is -0.210. The number of fused-ring (bicyclic) bond motifs is 1. The molecule has 0 saturated heterocycles. The number of hydrogen-bond acceptors (Lipinski definition) is 4. The van der Waals surface area contributed by atoms with Gasteiger partial charge >= 0.3 is 0 Å². The zero-order valence-corrected chi connectivity index (χ0v) is 16.3. The topological polar surface area (TPSA) is 65.4 Å². The molecule has 1 amide bonds. The molecule has 1 aromatic heterocycles. The normalized spacial score (nSPS) is 12.5. The van der Waals surface area contributed by atoms with E-state index in [2.05, 4.69) is 23.4 Å². The van der Waals surface area contributed by atoms with E-state index in [4.69, 9.17) is 9.47 Å². The molecular formula is C22H23N3O3. The standard InChI is InChI=1S/C22H23N3O3/c1-14-7-4-5-9-17(14)25-18-10-6-8-16(18)21(24-25)22(26)23-15-11-12-19(27-2)20(13-15)28-3/h4-5,7,9,11-13H,6,8,10H2,1-3H3,(H,23,26). The van der Waals surface area contributed by atoms with E-state index in [9.17, 15) is 4.79 Å². The molecule has 1 aliphatic carbocycles. The second kappa shape index (κ2) is 7.38. The van der Waals surface area contributed by atoms with Gasteiger partial charge in [-0.25, -0.2) is 4.68 Å². The third-order valence-corrected chi connectivity index (χ3v) is 5.13. The third-order valence-electron chi connectivity index (χ3n) is 5.13. The van der Waals surface area contributed by atoms with Crippen molar-refractivity contribution in [3.8, 4) is 17.2 Å². The molecule has 3 aromatic rings. The monoisotopic (exact) mass is 377 g/mol. The number of methoxy groups -OCH3 is 2. The number of rotatable bonds is 5. The molecule has 1 N–H and O–H groups in total. The summed E-state index contributed by atoms with van der Waals surface area (Å²) < 4.78 is 12.5. The van der Waals surface area contributed by atoms with Crippen molar-refractivity contribution in [2.24, 2.45) is 0 Å². The smallest absolute Gasteiger partial charge is 0.276 e. The van der Waals surface area contributed by atoms with Gasteiger partial charge < -0.3 is 14.8 Å². The fourth-order valence-electron chi connectivity index (χ4n) is 3.72. The lowest BCUT2D eigenvalue weighted by atomic mass is 10.1. The fourth-order valence-corrected chi connectivity index (χ4v) is 3.72. The lowest BCUT2D eigenvalue weighted by molar-refractivity contribution is 0.102. The summed E-state index contributed by atoms with van der Waals surface area (Å²) in [6.07, 6.45) is 2.84. The zero-order chi connectivity index (χ0) is 19.7. The number of para-hydroxylation sites is 1. The Kier molecular flexibility index (Phi) is 4.77. The van der Waals surface area contributed by atoms with Gasteiger partial charge in [0.1, 0.15) is 0 Å². The van der Waals surface area contributed by atoms with Crippen molar-refractivity contribution in [1.82, 2.24) is 9.78 Å². The van der Waals surface area contributed by atoms with Crippen LogP contribution in [0.15, 0.2) is 42.5 Å². The van der Waals surface area contributed by atoms with E-state index in [0.717, 1.165) is 41.8 Å². The molecule has 0 saturated carbocycles. The Balaban J connectivity index is 1.68. The molecule has 0 unspecified atom stereocenters. The van der Waals surface area contributed by atoms with Crippen LogP contribution in [0.4, 0.5) is 5.69 Å².